The molecule has 0 saturated carbocycles. The molecule has 3 heterocycles. The molecule has 34 heavy (non-hydrogen) atoms. The van der Waals surface area contributed by atoms with Gasteiger partial charge in [-0.15, -0.1) is 0 Å². The largest absolute Gasteiger partial charge is 0.383 e. The Morgan fingerprint density at radius 1 is 1.09 bits per heavy atom. The van der Waals surface area contributed by atoms with Gasteiger partial charge in [0.05, 0.1) is 36.3 Å². The van der Waals surface area contributed by atoms with E-state index in [4.69, 9.17) is 9.84 Å². The summed E-state index contributed by atoms with van der Waals surface area (Å²) >= 11 is 0. The first-order chi connectivity index (χ1) is 16.6. The predicted molar refractivity (Wildman–Crippen MR) is 131 cm³/mol. The number of fused-ring (bicyclic) bond motifs is 3. The van der Waals surface area contributed by atoms with Gasteiger partial charge >= 0.3 is 6.03 Å². The lowest BCUT2D eigenvalue weighted by molar-refractivity contribution is 0.168. The first kappa shape index (κ1) is 22.0. The fourth-order valence-corrected chi connectivity index (χ4v) is 4.70. The quantitative estimate of drug-likeness (QED) is 0.450. The summed E-state index contributed by atoms with van der Waals surface area (Å²) in [4.78, 5) is 15.5. The smallest absolute Gasteiger partial charge is 0.318 e. The molecule has 0 aliphatic carbocycles. The number of methoxy groups -OCH3 is 1. The van der Waals surface area contributed by atoms with Crippen molar-refractivity contribution in [3.8, 4) is 11.5 Å². The van der Waals surface area contributed by atoms with Gasteiger partial charge in [-0.3, -0.25) is 0 Å². The van der Waals surface area contributed by atoms with Crippen molar-refractivity contribution in [2.24, 2.45) is 0 Å². The molecule has 4 aromatic rings. The molecule has 0 fully saturated rings. The SMILES string of the molecule is COCCNC(=O)N1Cc2c(C)nn(-c3ccccc3)c2-n2cccc2[C@@H]1c1cccc(C)c1. The summed E-state index contributed by atoms with van der Waals surface area (Å²) < 4.78 is 9.31. The van der Waals surface area contributed by atoms with Gasteiger partial charge in [0.1, 0.15) is 5.82 Å². The molecule has 1 atom stereocenters. The van der Waals surface area contributed by atoms with Crippen molar-refractivity contribution in [1.29, 1.82) is 0 Å². The zero-order valence-electron chi connectivity index (χ0n) is 19.7. The topological polar surface area (TPSA) is 64.3 Å². The van der Waals surface area contributed by atoms with E-state index in [0.717, 1.165) is 39.6 Å². The van der Waals surface area contributed by atoms with Gasteiger partial charge in [0, 0.05) is 25.4 Å². The lowest BCUT2D eigenvalue weighted by atomic mass is 10.00. The van der Waals surface area contributed by atoms with Crippen LogP contribution in [0.4, 0.5) is 4.79 Å². The molecule has 2 amide bonds. The number of urea groups is 1. The molecule has 7 nitrogen and oxygen atoms in total. The minimum atomic E-state index is -0.256. The van der Waals surface area contributed by atoms with Crippen molar-refractivity contribution >= 4 is 6.03 Å². The van der Waals surface area contributed by atoms with Gasteiger partial charge in [0.15, 0.2) is 0 Å². The average molecular weight is 456 g/mol. The van der Waals surface area contributed by atoms with Crippen LogP contribution in [0.15, 0.2) is 72.9 Å². The summed E-state index contributed by atoms with van der Waals surface area (Å²) in [7, 11) is 1.63. The van der Waals surface area contributed by atoms with Gasteiger partial charge in [-0.1, -0.05) is 48.0 Å². The second-order valence-electron chi connectivity index (χ2n) is 8.61. The molecule has 2 aromatic heterocycles. The molecule has 0 bridgehead atoms. The van der Waals surface area contributed by atoms with Crippen molar-refractivity contribution in [2.75, 3.05) is 20.3 Å². The maximum atomic E-state index is 13.5. The first-order valence-corrected chi connectivity index (χ1v) is 11.5. The lowest BCUT2D eigenvalue weighted by Gasteiger charge is -2.31. The number of para-hydroxylation sites is 1. The van der Waals surface area contributed by atoms with E-state index in [9.17, 15) is 4.79 Å². The fraction of sp³-hybridized carbons (Fsp3) is 0.259. The summed E-state index contributed by atoms with van der Waals surface area (Å²) in [5, 5.41) is 7.91. The van der Waals surface area contributed by atoms with E-state index in [1.807, 2.05) is 59.0 Å². The predicted octanol–water partition coefficient (Wildman–Crippen LogP) is 4.54. The van der Waals surface area contributed by atoms with Crippen LogP contribution in [-0.2, 0) is 11.3 Å². The Morgan fingerprint density at radius 3 is 2.68 bits per heavy atom. The van der Waals surface area contributed by atoms with E-state index < -0.39 is 0 Å². The molecule has 7 heteroatoms. The number of ether oxygens (including phenoxy) is 1. The Kier molecular flexibility index (Phi) is 5.94. The molecular formula is C27H29N5O2. The van der Waals surface area contributed by atoms with Crippen molar-refractivity contribution in [3.05, 3.63) is 101 Å². The zero-order valence-corrected chi connectivity index (χ0v) is 19.7. The summed E-state index contributed by atoms with van der Waals surface area (Å²) in [6.45, 7) is 5.43. The molecule has 5 rings (SSSR count). The lowest BCUT2D eigenvalue weighted by Crippen LogP contribution is -2.43. The number of rotatable bonds is 5. The molecule has 174 valence electrons. The highest BCUT2D eigenvalue weighted by molar-refractivity contribution is 5.76. The van der Waals surface area contributed by atoms with E-state index in [-0.39, 0.29) is 12.1 Å². The van der Waals surface area contributed by atoms with E-state index in [2.05, 4.69) is 47.3 Å². The molecule has 1 aliphatic rings. The van der Waals surface area contributed by atoms with E-state index in [0.29, 0.717) is 19.7 Å². The minimum absolute atomic E-state index is 0.129. The molecule has 0 unspecified atom stereocenters. The van der Waals surface area contributed by atoms with Gasteiger partial charge < -0.3 is 19.5 Å². The second kappa shape index (κ2) is 9.19. The summed E-state index contributed by atoms with van der Waals surface area (Å²) in [5.41, 5.74) is 6.16. The van der Waals surface area contributed by atoms with E-state index in [1.54, 1.807) is 7.11 Å². The van der Waals surface area contributed by atoms with Gasteiger partial charge in [-0.25, -0.2) is 9.48 Å². The van der Waals surface area contributed by atoms with Gasteiger partial charge in [-0.2, -0.15) is 5.10 Å². The molecule has 0 radical (unpaired) electrons. The van der Waals surface area contributed by atoms with Crippen molar-refractivity contribution in [3.63, 3.8) is 0 Å². The van der Waals surface area contributed by atoms with Gasteiger partial charge in [0.25, 0.3) is 0 Å². The fourth-order valence-electron chi connectivity index (χ4n) is 4.70. The second-order valence-corrected chi connectivity index (χ2v) is 8.61. The van der Waals surface area contributed by atoms with Crippen LogP contribution in [0.3, 0.4) is 0 Å². The number of nitrogens with zero attached hydrogens (tertiary/aromatic N) is 4. The van der Waals surface area contributed by atoms with Gasteiger partial charge in [0.2, 0.25) is 0 Å². The molecule has 2 aromatic carbocycles. The monoisotopic (exact) mass is 455 g/mol. The highest BCUT2D eigenvalue weighted by Gasteiger charge is 2.35. The number of hydrogen-bond donors (Lipinski definition) is 1. The molecule has 1 aliphatic heterocycles. The number of amides is 2. The number of aromatic nitrogens is 3. The van der Waals surface area contributed by atoms with E-state index >= 15 is 0 Å². The summed E-state index contributed by atoms with van der Waals surface area (Å²) in [6.07, 6.45) is 2.06. The van der Waals surface area contributed by atoms with Crippen LogP contribution in [0.5, 0.6) is 0 Å². The van der Waals surface area contributed by atoms with Gasteiger partial charge in [-0.05, 0) is 43.7 Å². The van der Waals surface area contributed by atoms with Crippen molar-refractivity contribution in [2.45, 2.75) is 26.4 Å². The molecule has 0 spiro atoms. The number of carbonyl (C=O) groups excluding carboxylic acids is 1. The van der Waals surface area contributed by atoms with Crippen LogP contribution in [-0.4, -0.2) is 45.5 Å². The number of nitrogens with one attached hydrogen (secondary N) is 1. The summed E-state index contributed by atoms with van der Waals surface area (Å²) in [6, 6.07) is 22.2. The van der Waals surface area contributed by atoms with Crippen LogP contribution >= 0.6 is 0 Å². The highest BCUT2D eigenvalue weighted by Crippen LogP contribution is 2.38. The third kappa shape index (κ3) is 3.88. The standard InChI is InChI=1S/C27H29N5O2/c1-19-9-7-10-21(17-19)25-24-13-8-15-30(24)26-23(18-31(25)27(33)28-14-16-34-3)20(2)29-32(26)22-11-5-4-6-12-22/h4-13,15,17,25H,14,16,18H2,1-3H3,(H,28,33)/t25-/m0/s1. The molecular weight excluding hydrogens is 426 g/mol. The zero-order chi connectivity index (χ0) is 23.7. The van der Waals surface area contributed by atoms with Crippen LogP contribution in [0.1, 0.15) is 34.1 Å². The maximum Gasteiger partial charge on any atom is 0.318 e. The maximum absolute atomic E-state index is 13.5. The first-order valence-electron chi connectivity index (χ1n) is 11.5. The number of carbonyl (C=O) groups is 1. The van der Waals surface area contributed by atoms with Crippen LogP contribution in [0, 0.1) is 13.8 Å². The van der Waals surface area contributed by atoms with Crippen molar-refractivity contribution in [1.82, 2.24) is 24.6 Å². The normalized spacial score (nSPS) is 14.9. The third-order valence-electron chi connectivity index (χ3n) is 6.29. The summed E-state index contributed by atoms with van der Waals surface area (Å²) in [5.74, 6) is 0.966. The average Bonchev–Trinajstić information content (AvgIpc) is 3.40. The van der Waals surface area contributed by atoms with Crippen LogP contribution in [0.25, 0.3) is 11.5 Å². The Morgan fingerprint density at radius 2 is 1.91 bits per heavy atom. The van der Waals surface area contributed by atoms with Crippen LogP contribution < -0.4 is 5.32 Å². The molecule has 0 saturated heterocycles. The van der Waals surface area contributed by atoms with Crippen LogP contribution in [0.2, 0.25) is 0 Å². The number of aryl methyl sites for hydroxylation is 2. The Hall–Kier alpha value is -3.84. The van der Waals surface area contributed by atoms with E-state index in [1.165, 1.54) is 0 Å². The third-order valence-corrected chi connectivity index (χ3v) is 6.29. The number of hydrogen-bond acceptors (Lipinski definition) is 3. The number of benzene rings is 2. The Labute approximate surface area is 199 Å². The Bertz CT molecular complexity index is 1310. The Balaban J connectivity index is 1.70. The highest BCUT2D eigenvalue weighted by atomic mass is 16.5. The molecule has 1 N–H and O–H groups in total. The minimum Gasteiger partial charge on any atom is -0.383 e. The van der Waals surface area contributed by atoms with Crippen molar-refractivity contribution < 1.29 is 9.53 Å².